The highest BCUT2D eigenvalue weighted by Gasteiger charge is 2.18. The molecule has 0 saturated heterocycles. The Kier molecular flexibility index (Phi) is 6.32. The fourth-order valence-corrected chi connectivity index (χ4v) is 2.78. The number of carbonyl (C=O) groups excluding carboxylic acids is 1. The summed E-state index contributed by atoms with van der Waals surface area (Å²) in [7, 11) is -3.47. The summed E-state index contributed by atoms with van der Waals surface area (Å²) in [4.78, 5) is 12.0. The molecule has 6 nitrogen and oxygen atoms in total. The third-order valence-electron chi connectivity index (χ3n) is 3.24. The number of nitrogens with zero attached hydrogens (tertiary/aromatic N) is 1. The van der Waals surface area contributed by atoms with E-state index in [4.69, 9.17) is 4.74 Å². The number of benzene rings is 2. The van der Waals surface area contributed by atoms with Crippen molar-refractivity contribution >= 4 is 21.6 Å². The summed E-state index contributed by atoms with van der Waals surface area (Å²) in [6.45, 7) is 3.31. The fraction of sp³-hybridized carbons (Fsp3) is 0.167. The van der Waals surface area contributed by atoms with Crippen LogP contribution in [0.5, 0.6) is 11.5 Å². The van der Waals surface area contributed by atoms with Gasteiger partial charge >= 0.3 is 0 Å². The summed E-state index contributed by atoms with van der Waals surface area (Å²) in [5.74, 6) is 0.921. The Morgan fingerprint density at radius 1 is 1.12 bits per heavy atom. The van der Waals surface area contributed by atoms with E-state index >= 15 is 0 Å². The van der Waals surface area contributed by atoms with E-state index in [1.54, 1.807) is 24.3 Å². The van der Waals surface area contributed by atoms with Gasteiger partial charge in [-0.15, -0.1) is 6.58 Å². The molecule has 0 atom stereocenters. The van der Waals surface area contributed by atoms with Crippen LogP contribution in [0.15, 0.2) is 67.3 Å². The zero-order chi connectivity index (χ0) is 18.3. The average molecular weight is 360 g/mol. The summed E-state index contributed by atoms with van der Waals surface area (Å²) in [5, 5.41) is 2.66. The zero-order valence-electron chi connectivity index (χ0n) is 13.9. The number of carbonyl (C=O) groups is 1. The van der Waals surface area contributed by atoms with E-state index in [9.17, 15) is 13.2 Å². The normalized spacial score (nSPS) is 11.1. The highest BCUT2D eigenvalue weighted by Crippen LogP contribution is 2.22. The molecule has 1 amide bonds. The van der Waals surface area contributed by atoms with Crippen LogP contribution in [0, 0.1) is 0 Å². The van der Waals surface area contributed by atoms with Crippen molar-refractivity contribution in [2.24, 2.45) is 0 Å². The van der Waals surface area contributed by atoms with Crippen molar-refractivity contribution < 1.29 is 17.9 Å². The van der Waals surface area contributed by atoms with Crippen LogP contribution in [-0.4, -0.2) is 38.0 Å². The molecule has 0 heterocycles. The maximum Gasteiger partial charge on any atom is 0.239 e. The highest BCUT2D eigenvalue weighted by atomic mass is 32.2. The van der Waals surface area contributed by atoms with E-state index in [0.717, 1.165) is 10.6 Å². The van der Waals surface area contributed by atoms with E-state index in [1.165, 1.54) is 6.08 Å². The zero-order valence-corrected chi connectivity index (χ0v) is 14.7. The van der Waals surface area contributed by atoms with E-state index in [-0.39, 0.29) is 13.1 Å². The van der Waals surface area contributed by atoms with E-state index in [2.05, 4.69) is 11.9 Å². The number of para-hydroxylation sites is 1. The van der Waals surface area contributed by atoms with Gasteiger partial charge in [0.1, 0.15) is 11.5 Å². The Morgan fingerprint density at radius 2 is 1.72 bits per heavy atom. The monoisotopic (exact) mass is 360 g/mol. The summed E-state index contributed by atoms with van der Waals surface area (Å²) in [6.07, 6.45) is 2.49. The number of ether oxygens (including phenoxy) is 1. The first-order valence-electron chi connectivity index (χ1n) is 7.57. The first kappa shape index (κ1) is 18.7. The SMILES string of the molecule is C=CCN(CC(=O)Nc1ccc(Oc2ccccc2)cc1)S(C)(=O)=O. The van der Waals surface area contributed by atoms with Gasteiger partial charge in [-0.25, -0.2) is 8.42 Å². The minimum absolute atomic E-state index is 0.0795. The van der Waals surface area contributed by atoms with Crippen molar-refractivity contribution in [3.05, 3.63) is 67.3 Å². The summed E-state index contributed by atoms with van der Waals surface area (Å²) < 4.78 is 29.9. The number of amides is 1. The Balaban J connectivity index is 1.96. The van der Waals surface area contributed by atoms with Gasteiger partial charge in [0, 0.05) is 12.2 Å². The van der Waals surface area contributed by atoms with Crippen molar-refractivity contribution in [3.8, 4) is 11.5 Å². The predicted octanol–water partition coefficient (Wildman–Crippen LogP) is 2.87. The second-order valence-corrected chi connectivity index (χ2v) is 7.31. The number of sulfonamides is 1. The number of hydrogen-bond acceptors (Lipinski definition) is 4. The summed E-state index contributed by atoms with van der Waals surface area (Å²) in [6, 6.07) is 16.2. The van der Waals surface area contributed by atoms with Crippen molar-refractivity contribution in [3.63, 3.8) is 0 Å². The topological polar surface area (TPSA) is 75.7 Å². The van der Waals surface area contributed by atoms with Gasteiger partial charge in [0.05, 0.1) is 12.8 Å². The molecule has 25 heavy (non-hydrogen) atoms. The number of nitrogens with one attached hydrogen (secondary N) is 1. The lowest BCUT2D eigenvalue weighted by atomic mass is 10.3. The molecule has 0 unspecified atom stereocenters. The molecule has 0 radical (unpaired) electrons. The van der Waals surface area contributed by atoms with Crippen molar-refractivity contribution in [1.29, 1.82) is 0 Å². The van der Waals surface area contributed by atoms with Crippen LogP contribution in [0.1, 0.15) is 0 Å². The quantitative estimate of drug-likeness (QED) is 0.735. The van der Waals surface area contributed by atoms with Crippen molar-refractivity contribution in [2.75, 3.05) is 24.7 Å². The molecular formula is C18H20N2O4S. The lowest BCUT2D eigenvalue weighted by molar-refractivity contribution is -0.116. The third-order valence-corrected chi connectivity index (χ3v) is 4.45. The second-order valence-electron chi connectivity index (χ2n) is 5.33. The molecule has 0 aliphatic rings. The minimum Gasteiger partial charge on any atom is -0.457 e. The minimum atomic E-state index is -3.47. The predicted molar refractivity (Wildman–Crippen MR) is 98.2 cm³/mol. The van der Waals surface area contributed by atoms with Gasteiger partial charge < -0.3 is 10.1 Å². The Morgan fingerprint density at radius 3 is 2.28 bits per heavy atom. The number of rotatable bonds is 8. The maximum absolute atomic E-state index is 12.0. The standard InChI is InChI=1S/C18H20N2O4S/c1-3-13-20(25(2,22)23)14-18(21)19-15-9-11-17(12-10-15)24-16-7-5-4-6-8-16/h3-12H,1,13-14H2,2H3,(H,19,21). The maximum atomic E-state index is 12.0. The van der Waals surface area contributed by atoms with Crippen LogP contribution in [0.3, 0.4) is 0 Å². The molecule has 1 N–H and O–H groups in total. The number of anilines is 1. The van der Waals surface area contributed by atoms with Crippen LogP contribution < -0.4 is 10.1 Å². The Bertz CT molecular complexity index is 818. The van der Waals surface area contributed by atoms with Crippen LogP contribution in [0.2, 0.25) is 0 Å². The molecule has 0 aromatic heterocycles. The molecule has 7 heteroatoms. The van der Waals surface area contributed by atoms with Gasteiger partial charge in [0.2, 0.25) is 15.9 Å². The Labute approximate surface area is 147 Å². The molecule has 0 aliphatic carbocycles. The molecule has 0 saturated carbocycles. The lowest BCUT2D eigenvalue weighted by Gasteiger charge is -2.17. The van der Waals surface area contributed by atoms with Gasteiger partial charge in [-0.1, -0.05) is 24.3 Å². The van der Waals surface area contributed by atoms with Gasteiger partial charge in [-0.05, 0) is 36.4 Å². The molecule has 2 aromatic carbocycles. The lowest BCUT2D eigenvalue weighted by Crippen LogP contribution is -2.37. The number of hydrogen-bond donors (Lipinski definition) is 1. The van der Waals surface area contributed by atoms with E-state index in [0.29, 0.717) is 17.2 Å². The van der Waals surface area contributed by atoms with Crippen LogP contribution >= 0.6 is 0 Å². The van der Waals surface area contributed by atoms with Crippen molar-refractivity contribution in [1.82, 2.24) is 4.31 Å². The van der Waals surface area contributed by atoms with E-state index < -0.39 is 15.9 Å². The Hall–Kier alpha value is -2.64. The molecular weight excluding hydrogens is 340 g/mol. The molecule has 2 aromatic rings. The van der Waals surface area contributed by atoms with Crippen molar-refractivity contribution in [2.45, 2.75) is 0 Å². The van der Waals surface area contributed by atoms with E-state index in [1.807, 2.05) is 30.3 Å². The average Bonchev–Trinajstić information content (AvgIpc) is 2.56. The molecule has 0 fully saturated rings. The van der Waals surface area contributed by atoms with Crippen LogP contribution in [0.4, 0.5) is 5.69 Å². The first-order valence-corrected chi connectivity index (χ1v) is 9.42. The molecule has 0 bridgehead atoms. The fourth-order valence-electron chi connectivity index (χ4n) is 2.05. The van der Waals surface area contributed by atoms with Crippen LogP contribution in [0.25, 0.3) is 0 Å². The summed E-state index contributed by atoms with van der Waals surface area (Å²) >= 11 is 0. The third kappa shape index (κ3) is 6.06. The molecule has 0 spiro atoms. The smallest absolute Gasteiger partial charge is 0.239 e. The first-order chi connectivity index (χ1) is 11.9. The summed E-state index contributed by atoms with van der Waals surface area (Å²) in [5.41, 5.74) is 0.553. The highest BCUT2D eigenvalue weighted by molar-refractivity contribution is 7.88. The van der Waals surface area contributed by atoms with Gasteiger partial charge in [0.15, 0.2) is 0 Å². The molecule has 0 aliphatic heterocycles. The largest absolute Gasteiger partial charge is 0.457 e. The molecule has 132 valence electrons. The van der Waals surface area contributed by atoms with Gasteiger partial charge in [-0.2, -0.15) is 4.31 Å². The second kappa shape index (κ2) is 8.46. The van der Waals surface area contributed by atoms with Crippen LogP contribution in [-0.2, 0) is 14.8 Å². The molecule has 2 rings (SSSR count). The van der Waals surface area contributed by atoms with Gasteiger partial charge in [0.25, 0.3) is 0 Å². The van der Waals surface area contributed by atoms with Gasteiger partial charge in [-0.3, -0.25) is 4.79 Å².